The summed E-state index contributed by atoms with van der Waals surface area (Å²) in [5, 5.41) is 30.1. The van der Waals surface area contributed by atoms with Crippen LogP contribution in [0.15, 0.2) is 12.4 Å². The number of rotatable bonds is 5. The third-order valence-electron chi connectivity index (χ3n) is 3.00. The van der Waals surface area contributed by atoms with E-state index >= 15 is 0 Å². The summed E-state index contributed by atoms with van der Waals surface area (Å²) in [6, 6.07) is 1.93. The first-order valence-electron chi connectivity index (χ1n) is 6.32. The van der Waals surface area contributed by atoms with Crippen molar-refractivity contribution in [1.82, 2.24) is 19.6 Å². The topological polar surface area (TPSA) is 132 Å². The van der Waals surface area contributed by atoms with E-state index in [2.05, 4.69) is 15.5 Å². The maximum atomic E-state index is 11.9. The molecule has 10 nitrogen and oxygen atoms in total. The van der Waals surface area contributed by atoms with Crippen molar-refractivity contribution < 1.29 is 9.72 Å². The molecule has 0 radical (unpaired) electrons. The van der Waals surface area contributed by atoms with Crippen molar-refractivity contribution in [3.8, 4) is 6.07 Å². The summed E-state index contributed by atoms with van der Waals surface area (Å²) >= 11 is 0. The average molecular weight is 303 g/mol. The van der Waals surface area contributed by atoms with Crippen LogP contribution in [0.4, 0.5) is 11.5 Å². The van der Waals surface area contributed by atoms with Gasteiger partial charge in [-0.05, 0) is 6.92 Å². The Bertz CT molecular complexity index is 768. The average Bonchev–Trinajstić information content (AvgIpc) is 3.01. The van der Waals surface area contributed by atoms with Gasteiger partial charge in [0.1, 0.15) is 29.3 Å². The van der Waals surface area contributed by atoms with Crippen molar-refractivity contribution in [2.24, 2.45) is 7.05 Å². The highest BCUT2D eigenvalue weighted by molar-refractivity contribution is 5.91. The Morgan fingerprint density at radius 1 is 1.59 bits per heavy atom. The lowest BCUT2D eigenvalue weighted by molar-refractivity contribution is -0.385. The van der Waals surface area contributed by atoms with Crippen LogP contribution in [-0.2, 0) is 18.4 Å². The molecule has 0 bridgehead atoms. The summed E-state index contributed by atoms with van der Waals surface area (Å²) in [6.45, 7) is 1.73. The number of nitrogens with zero attached hydrogens (tertiary/aromatic N) is 6. The summed E-state index contributed by atoms with van der Waals surface area (Å²) in [6.07, 6.45) is 2.71. The standard InChI is InChI=1S/C12H13N7O3/c1-8-10(19(21)22)7-18(16-8)4-3-11(20)15-12-9(5-13)6-14-17(12)2/h6-7H,3-4H2,1-2H3,(H,15,20). The quantitative estimate of drug-likeness (QED) is 0.639. The van der Waals surface area contributed by atoms with Crippen LogP contribution < -0.4 is 5.32 Å². The molecule has 2 rings (SSSR count). The zero-order valence-corrected chi connectivity index (χ0v) is 12.0. The first kappa shape index (κ1) is 15.2. The normalized spacial score (nSPS) is 10.2. The lowest BCUT2D eigenvalue weighted by Gasteiger charge is -2.06. The van der Waals surface area contributed by atoms with Gasteiger partial charge in [0.05, 0.1) is 11.1 Å². The number of carbonyl (C=O) groups is 1. The molecule has 2 aromatic heterocycles. The first-order chi connectivity index (χ1) is 10.4. The van der Waals surface area contributed by atoms with Gasteiger partial charge >= 0.3 is 5.69 Å². The zero-order valence-electron chi connectivity index (χ0n) is 12.0. The molecule has 10 heteroatoms. The Balaban J connectivity index is 1.99. The smallest absolute Gasteiger partial charge is 0.309 e. The lowest BCUT2D eigenvalue weighted by Crippen LogP contribution is -2.17. The van der Waals surface area contributed by atoms with Crippen molar-refractivity contribution in [3.63, 3.8) is 0 Å². The second-order valence-corrected chi connectivity index (χ2v) is 4.56. The van der Waals surface area contributed by atoms with Crippen LogP contribution in [0.5, 0.6) is 0 Å². The van der Waals surface area contributed by atoms with Gasteiger partial charge in [0.15, 0.2) is 0 Å². The number of anilines is 1. The number of nitriles is 1. The summed E-state index contributed by atoms with van der Waals surface area (Å²) in [7, 11) is 1.61. The minimum Gasteiger partial charge on any atom is -0.310 e. The van der Waals surface area contributed by atoms with Gasteiger partial charge in [-0.25, -0.2) is 0 Å². The largest absolute Gasteiger partial charge is 0.310 e. The molecule has 0 aliphatic carbocycles. The molecule has 0 aliphatic heterocycles. The fourth-order valence-corrected chi connectivity index (χ4v) is 1.88. The van der Waals surface area contributed by atoms with E-state index in [4.69, 9.17) is 5.26 Å². The third kappa shape index (κ3) is 3.09. The molecular formula is C12H13N7O3. The van der Waals surface area contributed by atoms with E-state index in [1.165, 1.54) is 28.7 Å². The van der Waals surface area contributed by atoms with Gasteiger partial charge in [0, 0.05) is 20.0 Å². The Kier molecular flexibility index (Phi) is 4.17. The summed E-state index contributed by atoms with van der Waals surface area (Å²) in [5.74, 6) is -0.0222. The second kappa shape index (κ2) is 6.04. The van der Waals surface area contributed by atoms with Crippen LogP contribution in [0.25, 0.3) is 0 Å². The molecule has 0 saturated carbocycles. The van der Waals surface area contributed by atoms with Crippen LogP contribution in [0, 0.1) is 28.4 Å². The van der Waals surface area contributed by atoms with E-state index in [0.29, 0.717) is 11.5 Å². The number of nitro groups is 1. The van der Waals surface area contributed by atoms with Crippen LogP contribution in [-0.4, -0.2) is 30.4 Å². The number of carbonyl (C=O) groups excluding carboxylic acids is 1. The Hall–Kier alpha value is -3.22. The fourth-order valence-electron chi connectivity index (χ4n) is 1.88. The van der Waals surface area contributed by atoms with E-state index in [1.54, 1.807) is 7.05 Å². The van der Waals surface area contributed by atoms with Gasteiger partial charge in [-0.1, -0.05) is 0 Å². The minimum atomic E-state index is -0.520. The Morgan fingerprint density at radius 2 is 2.32 bits per heavy atom. The van der Waals surface area contributed by atoms with Crippen LogP contribution >= 0.6 is 0 Å². The molecule has 0 aliphatic rings. The number of aromatic nitrogens is 4. The highest BCUT2D eigenvalue weighted by Gasteiger charge is 2.16. The van der Waals surface area contributed by atoms with Gasteiger partial charge in [-0.2, -0.15) is 15.5 Å². The van der Waals surface area contributed by atoms with Crippen molar-refractivity contribution in [2.75, 3.05) is 5.32 Å². The summed E-state index contributed by atoms with van der Waals surface area (Å²) < 4.78 is 2.74. The molecule has 1 N–H and O–H groups in total. The van der Waals surface area contributed by atoms with Crippen molar-refractivity contribution in [1.29, 1.82) is 5.26 Å². The predicted molar refractivity (Wildman–Crippen MR) is 74.8 cm³/mol. The molecule has 1 amide bonds. The number of nitrogens with one attached hydrogen (secondary N) is 1. The van der Waals surface area contributed by atoms with E-state index in [9.17, 15) is 14.9 Å². The highest BCUT2D eigenvalue weighted by atomic mass is 16.6. The predicted octanol–water partition coefficient (Wildman–Crippen LogP) is 0.734. The third-order valence-corrected chi connectivity index (χ3v) is 3.00. The monoisotopic (exact) mass is 303 g/mol. The minimum absolute atomic E-state index is 0.0638. The summed E-state index contributed by atoms with van der Waals surface area (Å²) in [5.41, 5.74) is 0.476. The first-order valence-corrected chi connectivity index (χ1v) is 6.32. The highest BCUT2D eigenvalue weighted by Crippen LogP contribution is 2.16. The molecule has 0 aromatic carbocycles. The summed E-state index contributed by atoms with van der Waals surface area (Å²) in [4.78, 5) is 22.1. The van der Waals surface area contributed by atoms with Crippen molar-refractivity contribution in [3.05, 3.63) is 33.8 Å². The molecule has 2 aromatic rings. The van der Waals surface area contributed by atoms with Gasteiger partial charge < -0.3 is 5.32 Å². The van der Waals surface area contributed by atoms with E-state index in [-0.39, 0.29) is 30.1 Å². The SMILES string of the molecule is Cc1nn(CCC(=O)Nc2c(C#N)cnn2C)cc1[N+](=O)[O-]. The molecule has 0 saturated heterocycles. The van der Waals surface area contributed by atoms with Gasteiger partial charge in [-0.3, -0.25) is 24.3 Å². The zero-order chi connectivity index (χ0) is 16.3. The lowest BCUT2D eigenvalue weighted by atomic mass is 10.3. The van der Waals surface area contributed by atoms with Gasteiger partial charge in [0.25, 0.3) is 0 Å². The maximum absolute atomic E-state index is 11.9. The number of amides is 1. The van der Waals surface area contributed by atoms with Gasteiger partial charge in [0.2, 0.25) is 5.91 Å². The number of hydrogen-bond donors (Lipinski definition) is 1. The fraction of sp³-hybridized carbons (Fsp3) is 0.333. The van der Waals surface area contributed by atoms with Crippen LogP contribution in [0.3, 0.4) is 0 Å². The van der Waals surface area contributed by atoms with Crippen LogP contribution in [0.1, 0.15) is 17.7 Å². The van der Waals surface area contributed by atoms with E-state index < -0.39 is 4.92 Å². The molecular weight excluding hydrogens is 290 g/mol. The molecule has 0 atom stereocenters. The van der Waals surface area contributed by atoms with Crippen molar-refractivity contribution >= 4 is 17.4 Å². The molecule has 114 valence electrons. The van der Waals surface area contributed by atoms with Crippen molar-refractivity contribution in [2.45, 2.75) is 19.9 Å². The Labute approximate surface area is 125 Å². The maximum Gasteiger partial charge on any atom is 0.309 e. The molecule has 22 heavy (non-hydrogen) atoms. The van der Waals surface area contributed by atoms with Gasteiger partial charge in [-0.15, -0.1) is 0 Å². The van der Waals surface area contributed by atoms with Crippen LogP contribution in [0.2, 0.25) is 0 Å². The molecule has 2 heterocycles. The molecule has 0 fully saturated rings. The second-order valence-electron chi connectivity index (χ2n) is 4.56. The molecule has 0 unspecified atom stereocenters. The number of aryl methyl sites for hydroxylation is 3. The number of hydrogen-bond acceptors (Lipinski definition) is 6. The van der Waals surface area contributed by atoms with E-state index in [0.717, 1.165) is 0 Å². The Morgan fingerprint density at radius 3 is 2.91 bits per heavy atom. The molecule has 0 spiro atoms. The van der Waals surface area contributed by atoms with E-state index in [1.807, 2.05) is 6.07 Å².